The molecule has 1 aromatic carbocycles. The summed E-state index contributed by atoms with van der Waals surface area (Å²) >= 11 is 0. The molecule has 0 aliphatic carbocycles. The van der Waals surface area contributed by atoms with E-state index in [1.54, 1.807) is 0 Å². The Bertz CT molecular complexity index is 333. The number of rotatable bonds is 3. The van der Waals surface area contributed by atoms with Crippen LogP contribution in [0.5, 0.6) is 0 Å². The molecule has 2 rings (SSSR count). The second-order valence-electron chi connectivity index (χ2n) is 2.97. The van der Waals surface area contributed by atoms with Crippen molar-refractivity contribution in [2.75, 3.05) is 5.32 Å². The lowest BCUT2D eigenvalue weighted by molar-refractivity contribution is 1.05. The lowest BCUT2D eigenvalue weighted by Gasteiger charge is -2.04. The van der Waals surface area contributed by atoms with E-state index in [2.05, 4.69) is 15.3 Å². The van der Waals surface area contributed by atoms with Crippen molar-refractivity contribution < 1.29 is 0 Å². The summed E-state index contributed by atoms with van der Waals surface area (Å²) in [5.74, 6) is 0. The lowest BCUT2D eigenvalue weighted by Crippen LogP contribution is -1.99. The van der Waals surface area contributed by atoms with Crippen LogP contribution in [0.1, 0.15) is 5.56 Å². The summed E-state index contributed by atoms with van der Waals surface area (Å²) in [7, 11) is 0. The van der Waals surface area contributed by atoms with Gasteiger partial charge in [-0.05, 0) is 12.1 Å². The number of nitrogens with one attached hydrogen (secondary N) is 1. The van der Waals surface area contributed by atoms with Crippen LogP contribution in [0.25, 0.3) is 0 Å². The minimum Gasteiger partial charge on any atom is -0.381 e. The van der Waals surface area contributed by atoms with Crippen molar-refractivity contribution in [3.8, 4) is 0 Å². The molecule has 0 aliphatic rings. The quantitative estimate of drug-likeness (QED) is 0.795. The Balaban J connectivity index is 1.96. The minimum atomic E-state index is 0.755. The van der Waals surface area contributed by atoms with Gasteiger partial charge in [0.2, 0.25) is 0 Å². The van der Waals surface area contributed by atoms with E-state index in [4.69, 9.17) is 0 Å². The van der Waals surface area contributed by atoms with Crippen LogP contribution in [0.2, 0.25) is 0 Å². The van der Waals surface area contributed by atoms with E-state index >= 15 is 0 Å². The maximum absolute atomic E-state index is 3.95. The van der Waals surface area contributed by atoms with Gasteiger partial charge in [0.1, 0.15) is 6.33 Å². The Kier molecular flexibility index (Phi) is 2.71. The first kappa shape index (κ1) is 8.69. The highest BCUT2D eigenvalue weighted by atomic mass is 14.9. The molecule has 14 heavy (non-hydrogen) atoms. The largest absolute Gasteiger partial charge is 0.381 e. The van der Waals surface area contributed by atoms with Crippen LogP contribution < -0.4 is 5.32 Å². The van der Waals surface area contributed by atoms with Crippen molar-refractivity contribution in [3.63, 3.8) is 0 Å². The number of anilines is 1. The SMILES string of the molecule is c1ccc(NCc2cncnc2)cc1. The first-order chi connectivity index (χ1) is 6.95. The van der Waals surface area contributed by atoms with Gasteiger partial charge in [-0.1, -0.05) is 18.2 Å². The Labute approximate surface area is 82.8 Å². The Hall–Kier alpha value is -1.90. The van der Waals surface area contributed by atoms with Gasteiger partial charge in [0, 0.05) is 30.2 Å². The molecule has 3 heteroatoms. The molecule has 0 atom stereocenters. The molecule has 0 bridgehead atoms. The standard InChI is InChI=1S/C11H11N3/c1-2-4-11(5-3-1)14-8-10-6-12-9-13-7-10/h1-7,9,14H,8H2. The second-order valence-corrected chi connectivity index (χ2v) is 2.97. The summed E-state index contributed by atoms with van der Waals surface area (Å²) in [6, 6.07) is 10.1. The van der Waals surface area contributed by atoms with Crippen molar-refractivity contribution in [1.82, 2.24) is 9.97 Å². The summed E-state index contributed by atoms with van der Waals surface area (Å²) in [6.45, 7) is 0.755. The fourth-order valence-corrected chi connectivity index (χ4v) is 1.18. The lowest BCUT2D eigenvalue weighted by atomic mass is 10.3. The molecule has 0 fully saturated rings. The number of hydrogen-bond donors (Lipinski definition) is 1. The molecule has 1 N–H and O–H groups in total. The third-order valence-electron chi connectivity index (χ3n) is 1.88. The van der Waals surface area contributed by atoms with Crippen LogP contribution in [0.3, 0.4) is 0 Å². The molecule has 0 spiro atoms. The van der Waals surface area contributed by atoms with Crippen LogP contribution in [0, 0.1) is 0 Å². The van der Waals surface area contributed by atoms with Gasteiger partial charge in [-0.25, -0.2) is 9.97 Å². The molecule has 0 saturated heterocycles. The summed E-state index contributed by atoms with van der Waals surface area (Å²) in [5, 5.41) is 3.28. The zero-order valence-corrected chi connectivity index (χ0v) is 7.72. The van der Waals surface area contributed by atoms with Crippen molar-refractivity contribution in [2.45, 2.75) is 6.54 Å². The molecule has 0 unspecified atom stereocenters. The Morgan fingerprint density at radius 3 is 2.43 bits per heavy atom. The predicted molar refractivity (Wildman–Crippen MR) is 55.8 cm³/mol. The summed E-state index contributed by atoms with van der Waals surface area (Å²) in [5.41, 5.74) is 2.19. The first-order valence-electron chi connectivity index (χ1n) is 4.48. The monoisotopic (exact) mass is 185 g/mol. The highest BCUT2D eigenvalue weighted by Gasteiger charge is 1.92. The number of nitrogens with zero attached hydrogens (tertiary/aromatic N) is 2. The smallest absolute Gasteiger partial charge is 0.115 e. The molecule has 0 amide bonds. The highest BCUT2D eigenvalue weighted by Crippen LogP contribution is 2.06. The van der Waals surface area contributed by atoms with Crippen LogP contribution >= 0.6 is 0 Å². The number of benzene rings is 1. The summed E-state index contributed by atoms with van der Waals surface area (Å²) < 4.78 is 0. The number of hydrogen-bond acceptors (Lipinski definition) is 3. The average Bonchev–Trinajstić information content (AvgIpc) is 2.29. The molecule has 0 saturated carbocycles. The molecule has 1 heterocycles. The molecular formula is C11H11N3. The molecular weight excluding hydrogens is 174 g/mol. The molecule has 2 aromatic rings. The van der Waals surface area contributed by atoms with Gasteiger partial charge in [-0.15, -0.1) is 0 Å². The van der Waals surface area contributed by atoms with Crippen molar-refractivity contribution in [1.29, 1.82) is 0 Å². The fourth-order valence-electron chi connectivity index (χ4n) is 1.18. The highest BCUT2D eigenvalue weighted by molar-refractivity contribution is 5.42. The maximum atomic E-state index is 3.95. The zero-order valence-electron chi connectivity index (χ0n) is 7.72. The van der Waals surface area contributed by atoms with Crippen molar-refractivity contribution in [3.05, 3.63) is 54.6 Å². The molecule has 1 aromatic heterocycles. The average molecular weight is 185 g/mol. The van der Waals surface area contributed by atoms with Gasteiger partial charge in [0.25, 0.3) is 0 Å². The summed E-state index contributed by atoms with van der Waals surface area (Å²) in [4.78, 5) is 7.89. The fraction of sp³-hybridized carbons (Fsp3) is 0.0909. The molecule has 3 nitrogen and oxygen atoms in total. The molecule has 70 valence electrons. The molecule has 0 aliphatic heterocycles. The predicted octanol–water partition coefficient (Wildman–Crippen LogP) is 2.09. The maximum Gasteiger partial charge on any atom is 0.115 e. The normalized spacial score (nSPS) is 9.71. The minimum absolute atomic E-state index is 0.755. The van der Waals surface area contributed by atoms with Gasteiger partial charge >= 0.3 is 0 Å². The van der Waals surface area contributed by atoms with Gasteiger partial charge in [0.15, 0.2) is 0 Å². The van der Waals surface area contributed by atoms with E-state index in [9.17, 15) is 0 Å². The zero-order chi connectivity index (χ0) is 9.64. The second kappa shape index (κ2) is 4.37. The van der Waals surface area contributed by atoms with E-state index < -0.39 is 0 Å². The Morgan fingerprint density at radius 1 is 1.00 bits per heavy atom. The number of aromatic nitrogens is 2. The Morgan fingerprint density at radius 2 is 1.71 bits per heavy atom. The first-order valence-corrected chi connectivity index (χ1v) is 4.48. The topological polar surface area (TPSA) is 37.8 Å². The van der Waals surface area contributed by atoms with E-state index in [0.717, 1.165) is 17.8 Å². The van der Waals surface area contributed by atoms with Crippen LogP contribution in [0.15, 0.2) is 49.1 Å². The third kappa shape index (κ3) is 2.29. The summed E-state index contributed by atoms with van der Waals surface area (Å²) in [6.07, 6.45) is 5.15. The van der Waals surface area contributed by atoms with E-state index in [1.165, 1.54) is 6.33 Å². The van der Waals surface area contributed by atoms with E-state index in [1.807, 2.05) is 42.7 Å². The van der Waals surface area contributed by atoms with Gasteiger partial charge in [-0.3, -0.25) is 0 Å². The van der Waals surface area contributed by atoms with Crippen LogP contribution in [-0.2, 0) is 6.54 Å². The third-order valence-corrected chi connectivity index (χ3v) is 1.88. The van der Waals surface area contributed by atoms with Crippen molar-refractivity contribution in [2.24, 2.45) is 0 Å². The van der Waals surface area contributed by atoms with Crippen LogP contribution in [-0.4, -0.2) is 9.97 Å². The van der Waals surface area contributed by atoms with Gasteiger partial charge in [0.05, 0.1) is 0 Å². The van der Waals surface area contributed by atoms with Crippen molar-refractivity contribution >= 4 is 5.69 Å². The van der Waals surface area contributed by atoms with E-state index in [-0.39, 0.29) is 0 Å². The van der Waals surface area contributed by atoms with Gasteiger partial charge in [-0.2, -0.15) is 0 Å². The van der Waals surface area contributed by atoms with Gasteiger partial charge < -0.3 is 5.32 Å². The van der Waals surface area contributed by atoms with Crippen LogP contribution in [0.4, 0.5) is 5.69 Å². The molecule has 0 radical (unpaired) electrons. The van der Waals surface area contributed by atoms with E-state index in [0.29, 0.717) is 0 Å². The number of para-hydroxylation sites is 1.